The Balaban J connectivity index is 1.57. The smallest absolute Gasteiger partial charge is 0.316 e. The molecule has 128 valence electrons. The van der Waals surface area contributed by atoms with Gasteiger partial charge in [0.25, 0.3) is 0 Å². The molecule has 0 unspecified atom stereocenters. The highest BCUT2D eigenvalue weighted by atomic mass is 15.1. The molecule has 1 nitrogen and oxygen atoms in total. The number of anilines is 1. The van der Waals surface area contributed by atoms with Crippen LogP contribution in [0.5, 0.6) is 0 Å². The highest BCUT2D eigenvalue weighted by molar-refractivity contribution is 6.82. The fraction of sp³-hybridized carbons (Fsp3) is 0.0400. The lowest BCUT2D eigenvalue weighted by Crippen LogP contribution is -2.48. The van der Waals surface area contributed by atoms with Gasteiger partial charge in [-0.2, -0.15) is 0 Å². The first-order chi connectivity index (χ1) is 13.4. The Kier molecular flexibility index (Phi) is 4.02. The molecule has 0 fully saturated rings. The molecular formula is C25H20BN. The first kappa shape index (κ1) is 16.0. The summed E-state index contributed by atoms with van der Waals surface area (Å²) in [5.41, 5.74) is 5.23. The Bertz CT molecular complexity index is 1120. The first-order valence-corrected chi connectivity index (χ1v) is 9.45. The highest BCUT2D eigenvalue weighted by Gasteiger charge is 2.27. The van der Waals surface area contributed by atoms with Crippen molar-refractivity contribution in [2.24, 2.45) is 0 Å². The predicted octanol–water partition coefficient (Wildman–Crippen LogP) is 5.31. The normalized spacial score (nSPS) is 13.0. The van der Waals surface area contributed by atoms with Crippen molar-refractivity contribution in [1.82, 2.24) is 0 Å². The fourth-order valence-electron chi connectivity index (χ4n) is 4.00. The van der Waals surface area contributed by atoms with Crippen LogP contribution in [-0.2, 0) is 6.54 Å². The summed E-state index contributed by atoms with van der Waals surface area (Å²) in [7, 11) is 0. The minimum Gasteiger partial charge on any atom is -0.403 e. The van der Waals surface area contributed by atoms with Gasteiger partial charge in [-0.3, -0.25) is 0 Å². The van der Waals surface area contributed by atoms with Crippen LogP contribution in [0.2, 0.25) is 0 Å². The monoisotopic (exact) mass is 345 g/mol. The van der Waals surface area contributed by atoms with Gasteiger partial charge in [-0.1, -0.05) is 102 Å². The molecule has 0 atom stereocenters. The van der Waals surface area contributed by atoms with Gasteiger partial charge in [0.1, 0.15) is 0 Å². The maximum Gasteiger partial charge on any atom is 0.316 e. The van der Waals surface area contributed by atoms with Crippen molar-refractivity contribution < 1.29 is 0 Å². The average molecular weight is 345 g/mol. The van der Waals surface area contributed by atoms with Crippen molar-refractivity contribution in [3.05, 3.63) is 114 Å². The van der Waals surface area contributed by atoms with Crippen molar-refractivity contribution in [3.8, 4) is 0 Å². The van der Waals surface area contributed by atoms with E-state index in [-0.39, 0.29) is 6.85 Å². The van der Waals surface area contributed by atoms with Crippen molar-refractivity contribution >= 4 is 34.8 Å². The summed E-state index contributed by atoms with van der Waals surface area (Å²) in [5, 5.41) is 2.59. The van der Waals surface area contributed by atoms with E-state index in [1.165, 1.54) is 33.0 Å². The lowest BCUT2D eigenvalue weighted by atomic mass is 9.52. The molecule has 1 aliphatic rings. The molecule has 1 aliphatic heterocycles. The quantitative estimate of drug-likeness (QED) is 0.455. The minimum atomic E-state index is 0.243. The Morgan fingerprint density at radius 1 is 0.667 bits per heavy atom. The van der Waals surface area contributed by atoms with Crippen LogP contribution in [0.3, 0.4) is 0 Å². The first-order valence-electron chi connectivity index (χ1n) is 9.45. The molecule has 0 amide bonds. The van der Waals surface area contributed by atoms with Crippen molar-refractivity contribution in [2.75, 3.05) is 4.81 Å². The van der Waals surface area contributed by atoms with E-state index in [1.54, 1.807) is 0 Å². The molecule has 0 aromatic heterocycles. The summed E-state index contributed by atoms with van der Waals surface area (Å²) in [5.74, 6) is 2.32. The van der Waals surface area contributed by atoms with Crippen LogP contribution < -0.4 is 10.3 Å². The summed E-state index contributed by atoms with van der Waals surface area (Å²) in [4.78, 5) is 2.51. The average Bonchev–Trinajstić information content (AvgIpc) is 2.74. The zero-order chi connectivity index (χ0) is 18.1. The summed E-state index contributed by atoms with van der Waals surface area (Å²) in [6.45, 7) is 1.12. The molecule has 0 aliphatic carbocycles. The second-order valence-corrected chi connectivity index (χ2v) is 7.08. The number of benzene rings is 4. The van der Waals surface area contributed by atoms with Crippen molar-refractivity contribution in [1.29, 1.82) is 0 Å². The number of rotatable bonds is 3. The van der Waals surface area contributed by atoms with E-state index < -0.39 is 0 Å². The molecule has 0 bridgehead atoms. The summed E-state index contributed by atoms with van der Waals surface area (Å²) < 4.78 is 0. The summed E-state index contributed by atoms with van der Waals surface area (Å²) in [6.07, 6.45) is 2.25. The van der Waals surface area contributed by atoms with Gasteiger partial charge in [-0.05, 0) is 34.0 Å². The molecule has 2 heteroatoms. The molecule has 5 rings (SSSR count). The van der Waals surface area contributed by atoms with Crippen LogP contribution in [0.25, 0.3) is 16.8 Å². The number of hydrogen-bond acceptors (Lipinski definition) is 1. The lowest BCUT2D eigenvalue weighted by Gasteiger charge is -2.34. The zero-order valence-electron chi connectivity index (χ0n) is 15.1. The van der Waals surface area contributed by atoms with Crippen molar-refractivity contribution in [2.45, 2.75) is 6.54 Å². The Hall–Kier alpha value is -3.26. The Labute approximate surface area is 160 Å². The van der Waals surface area contributed by atoms with Gasteiger partial charge in [0, 0.05) is 12.2 Å². The summed E-state index contributed by atoms with van der Waals surface area (Å²) in [6, 6.07) is 34.8. The largest absolute Gasteiger partial charge is 0.403 e. The van der Waals surface area contributed by atoms with E-state index >= 15 is 0 Å². The molecule has 0 radical (unpaired) electrons. The standard InChI is InChI=1S/C25H20BN/c1-2-11-24(12-3-1)26-17-16-22-9-6-7-13-25(22)27(26)19-20-14-15-21-8-4-5-10-23(21)18-20/h1-18H,19H2. The zero-order valence-corrected chi connectivity index (χ0v) is 15.1. The third kappa shape index (κ3) is 3.04. The number of para-hydroxylation sites is 1. The van der Waals surface area contributed by atoms with Gasteiger partial charge in [0.15, 0.2) is 0 Å². The molecule has 0 spiro atoms. The van der Waals surface area contributed by atoms with Crippen LogP contribution in [0, 0.1) is 0 Å². The Morgan fingerprint density at radius 2 is 1.41 bits per heavy atom. The van der Waals surface area contributed by atoms with E-state index in [0.29, 0.717) is 0 Å². The van der Waals surface area contributed by atoms with Gasteiger partial charge in [0.2, 0.25) is 0 Å². The minimum absolute atomic E-state index is 0.243. The molecular weight excluding hydrogens is 325 g/mol. The maximum absolute atomic E-state index is 2.51. The Morgan fingerprint density at radius 3 is 2.30 bits per heavy atom. The third-order valence-electron chi connectivity index (χ3n) is 5.35. The summed E-state index contributed by atoms with van der Waals surface area (Å²) >= 11 is 0. The highest BCUT2D eigenvalue weighted by Crippen LogP contribution is 2.29. The molecule has 0 N–H and O–H groups in total. The van der Waals surface area contributed by atoms with E-state index in [0.717, 1.165) is 6.54 Å². The van der Waals surface area contributed by atoms with Gasteiger partial charge in [0.05, 0.1) is 0 Å². The molecule has 4 aromatic rings. The number of fused-ring (bicyclic) bond motifs is 2. The van der Waals surface area contributed by atoms with Gasteiger partial charge < -0.3 is 4.81 Å². The van der Waals surface area contributed by atoms with Gasteiger partial charge in [-0.15, -0.1) is 0 Å². The van der Waals surface area contributed by atoms with E-state index in [9.17, 15) is 0 Å². The SMILES string of the molecule is C1=Cc2ccccc2N(Cc2ccc3ccccc3c2)B1c1ccccc1. The maximum atomic E-state index is 2.51. The molecule has 0 saturated carbocycles. The van der Waals surface area contributed by atoms with Crippen LogP contribution >= 0.6 is 0 Å². The van der Waals surface area contributed by atoms with Gasteiger partial charge >= 0.3 is 6.85 Å². The predicted molar refractivity (Wildman–Crippen MR) is 117 cm³/mol. The molecule has 0 saturated heterocycles. The topological polar surface area (TPSA) is 3.24 Å². The van der Waals surface area contributed by atoms with Crippen LogP contribution in [-0.4, -0.2) is 6.85 Å². The van der Waals surface area contributed by atoms with Gasteiger partial charge in [-0.25, -0.2) is 0 Å². The number of hydrogen-bond donors (Lipinski definition) is 0. The van der Waals surface area contributed by atoms with Crippen molar-refractivity contribution in [3.63, 3.8) is 0 Å². The third-order valence-corrected chi connectivity index (χ3v) is 5.35. The van der Waals surface area contributed by atoms with Crippen LogP contribution in [0.1, 0.15) is 11.1 Å². The second-order valence-electron chi connectivity index (χ2n) is 7.08. The molecule has 1 heterocycles. The fourth-order valence-corrected chi connectivity index (χ4v) is 4.00. The lowest BCUT2D eigenvalue weighted by molar-refractivity contribution is 1.03. The molecule has 4 aromatic carbocycles. The van der Waals surface area contributed by atoms with Crippen LogP contribution in [0.4, 0.5) is 5.69 Å². The number of nitrogens with zero attached hydrogens (tertiary/aromatic N) is 1. The van der Waals surface area contributed by atoms with E-state index in [4.69, 9.17) is 0 Å². The van der Waals surface area contributed by atoms with E-state index in [2.05, 4.69) is 114 Å². The second kappa shape index (κ2) is 6.81. The van der Waals surface area contributed by atoms with Crippen LogP contribution in [0.15, 0.2) is 103 Å². The molecule has 27 heavy (non-hydrogen) atoms. The van der Waals surface area contributed by atoms with E-state index in [1.807, 2.05) is 0 Å².